The fourth-order valence-electron chi connectivity index (χ4n) is 5.16. The summed E-state index contributed by atoms with van der Waals surface area (Å²) < 4.78 is 23.0. The number of carbonyl (C=O) groups excluding carboxylic acids is 1. The second-order valence-electron chi connectivity index (χ2n) is 9.64. The highest BCUT2D eigenvalue weighted by Crippen LogP contribution is 2.41. The maximum absolute atomic E-state index is 13.8. The number of carbonyl (C=O) groups is 1. The number of fused-ring (bicyclic) bond motifs is 2. The fourth-order valence-corrected chi connectivity index (χ4v) is 5.33. The molecule has 8 nitrogen and oxygen atoms in total. The Balaban J connectivity index is 1.53. The minimum absolute atomic E-state index is 0.0865. The molecule has 1 fully saturated rings. The van der Waals surface area contributed by atoms with Crippen molar-refractivity contribution in [2.45, 2.75) is 32.2 Å². The Labute approximate surface area is 227 Å². The SMILES string of the molecule is CCCCOc1ccc(C2c3c(oc4ccc(Cl)cc4c3=O)C(=O)N2CCCN2CCOCC2)cc1OC. The van der Waals surface area contributed by atoms with Crippen LogP contribution in [0.5, 0.6) is 11.5 Å². The largest absolute Gasteiger partial charge is 0.493 e. The van der Waals surface area contributed by atoms with E-state index < -0.39 is 6.04 Å². The van der Waals surface area contributed by atoms with E-state index in [0.29, 0.717) is 46.2 Å². The zero-order chi connectivity index (χ0) is 26.6. The van der Waals surface area contributed by atoms with Gasteiger partial charge < -0.3 is 23.5 Å². The van der Waals surface area contributed by atoms with Gasteiger partial charge in [0.05, 0.1) is 43.9 Å². The van der Waals surface area contributed by atoms with Crippen molar-refractivity contribution in [1.29, 1.82) is 0 Å². The van der Waals surface area contributed by atoms with E-state index in [4.69, 9.17) is 30.2 Å². The molecular weight excluding hydrogens is 508 g/mol. The van der Waals surface area contributed by atoms with Crippen molar-refractivity contribution < 1.29 is 23.4 Å². The van der Waals surface area contributed by atoms with Crippen molar-refractivity contribution in [3.63, 3.8) is 0 Å². The van der Waals surface area contributed by atoms with E-state index in [-0.39, 0.29) is 17.1 Å². The molecule has 0 spiro atoms. The smallest absolute Gasteiger partial charge is 0.290 e. The number of hydrogen-bond donors (Lipinski definition) is 0. The second-order valence-corrected chi connectivity index (χ2v) is 10.1. The van der Waals surface area contributed by atoms with Gasteiger partial charge in [-0.3, -0.25) is 14.5 Å². The third kappa shape index (κ3) is 5.25. The van der Waals surface area contributed by atoms with Crippen LogP contribution >= 0.6 is 11.6 Å². The Kier molecular flexibility index (Phi) is 8.21. The summed E-state index contributed by atoms with van der Waals surface area (Å²) in [6.45, 7) is 7.19. The first-order valence-corrected chi connectivity index (χ1v) is 13.6. The molecule has 1 aromatic heterocycles. The summed E-state index contributed by atoms with van der Waals surface area (Å²) >= 11 is 6.20. The monoisotopic (exact) mass is 540 g/mol. The van der Waals surface area contributed by atoms with Gasteiger partial charge >= 0.3 is 0 Å². The molecule has 2 aromatic carbocycles. The summed E-state index contributed by atoms with van der Waals surface area (Å²) in [5.74, 6) is 0.984. The number of amides is 1. The minimum Gasteiger partial charge on any atom is -0.493 e. The van der Waals surface area contributed by atoms with Crippen molar-refractivity contribution in [3.05, 3.63) is 68.5 Å². The van der Waals surface area contributed by atoms with E-state index in [1.165, 1.54) is 0 Å². The van der Waals surface area contributed by atoms with E-state index in [2.05, 4.69) is 11.8 Å². The van der Waals surface area contributed by atoms with Gasteiger partial charge in [0.2, 0.25) is 5.76 Å². The average Bonchev–Trinajstić information content (AvgIpc) is 3.21. The van der Waals surface area contributed by atoms with E-state index >= 15 is 0 Å². The standard InChI is InChI=1S/C29H33ClN2O6/c1-3-4-14-37-23-8-6-19(17-24(23)35-2)26-25-27(33)21-18-20(30)7-9-22(21)38-28(25)29(34)32(26)11-5-10-31-12-15-36-16-13-31/h6-9,17-18,26H,3-5,10-16H2,1-2H3. The van der Waals surface area contributed by atoms with Crippen molar-refractivity contribution >= 4 is 28.5 Å². The van der Waals surface area contributed by atoms with Crippen LogP contribution in [0.25, 0.3) is 11.0 Å². The van der Waals surface area contributed by atoms with Crippen LogP contribution in [0, 0.1) is 0 Å². The first-order chi connectivity index (χ1) is 18.5. The topological polar surface area (TPSA) is 81.5 Å². The zero-order valence-corrected chi connectivity index (χ0v) is 22.6. The van der Waals surface area contributed by atoms with E-state index in [9.17, 15) is 9.59 Å². The molecule has 5 rings (SSSR count). The van der Waals surface area contributed by atoms with Crippen molar-refractivity contribution in [1.82, 2.24) is 9.80 Å². The van der Waals surface area contributed by atoms with Crippen LogP contribution in [-0.2, 0) is 4.74 Å². The summed E-state index contributed by atoms with van der Waals surface area (Å²) in [7, 11) is 1.59. The lowest BCUT2D eigenvalue weighted by Gasteiger charge is -2.29. The Morgan fingerprint density at radius 2 is 1.84 bits per heavy atom. The number of morpholine rings is 1. The van der Waals surface area contributed by atoms with E-state index in [0.717, 1.165) is 57.7 Å². The molecule has 1 amide bonds. The molecule has 0 saturated carbocycles. The van der Waals surface area contributed by atoms with Crippen LogP contribution in [0.1, 0.15) is 53.9 Å². The van der Waals surface area contributed by atoms with E-state index in [1.807, 2.05) is 18.2 Å². The van der Waals surface area contributed by atoms with Crippen LogP contribution < -0.4 is 14.9 Å². The molecule has 38 heavy (non-hydrogen) atoms. The van der Waals surface area contributed by atoms with Gasteiger partial charge in [0.25, 0.3) is 5.91 Å². The lowest BCUT2D eigenvalue weighted by molar-refractivity contribution is 0.0353. The first-order valence-electron chi connectivity index (χ1n) is 13.2. The number of ether oxygens (including phenoxy) is 3. The Morgan fingerprint density at radius 3 is 2.61 bits per heavy atom. The molecular formula is C29H33ClN2O6. The van der Waals surface area contributed by atoms with Gasteiger partial charge in [-0.05, 0) is 48.7 Å². The van der Waals surface area contributed by atoms with Crippen molar-refractivity contribution in [3.8, 4) is 11.5 Å². The molecule has 3 aromatic rings. The highest BCUT2D eigenvalue weighted by atomic mass is 35.5. The molecule has 0 N–H and O–H groups in total. The van der Waals surface area contributed by atoms with Crippen LogP contribution in [0.4, 0.5) is 0 Å². The minimum atomic E-state index is -0.611. The molecule has 2 aliphatic rings. The molecule has 1 saturated heterocycles. The zero-order valence-electron chi connectivity index (χ0n) is 21.8. The number of rotatable bonds is 10. The van der Waals surface area contributed by atoms with Gasteiger partial charge in [-0.2, -0.15) is 0 Å². The fraction of sp³-hybridized carbons (Fsp3) is 0.448. The number of nitrogens with zero attached hydrogens (tertiary/aromatic N) is 2. The number of methoxy groups -OCH3 is 1. The predicted molar refractivity (Wildman–Crippen MR) is 146 cm³/mol. The molecule has 0 aliphatic carbocycles. The van der Waals surface area contributed by atoms with E-state index in [1.54, 1.807) is 30.2 Å². The van der Waals surface area contributed by atoms with Crippen LogP contribution in [0.3, 0.4) is 0 Å². The number of unbranched alkanes of at least 4 members (excludes halogenated alkanes) is 1. The molecule has 2 aliphatic heterocycles. The number of hydrogen-bond acceptors (Lipinski definition) is 7. The van der Waals surface area contributed by atoms with Gasteiger partial charge in [-0.1, -0.05) is 31.0 Å². The molecule has 0 bridgehead atoms. The Bertz CT molecular complexity index is 1370. The molecule has 202 valence electrons. The third-order valence-electron chi connectivity index (χ3n) is 7.16. The lowest BCUT2D eigenvalue weighted by atomic mass is 9.98. The maximum atomic E-state index is 13.8. The number of halogens is 1. The van der Waals surface area contributed by atoms with Gasteiger partial charge in [0.1, 0.15) is 5.58 Å². The second kappa shape index (κ2) is 11.8. The van der Waals surface area contributed by atoms with Gasteiger partial charge in [-0.25, -0.2) is 0 Å². The molecule has 9 heteroatoms. The summed E-state index contributed by atoms with van der Waals surface area (Å²) in [6.07, 6.45) is 2.71. The van der Waals surface area contributed by atoms with Crippen LogP contribution in [0.2, 0.25) is 5.02 Å². The summed E-state index contributed by atoms with van der Waals surface area (Å²) in [5.41, 5.74) is 1.19. The summed E-state index contributed by atoms with van der Waals surface area (Å²) in [5, 5.41) is 0.791. The first kappa shape index (κ1) is 26.5. The normalized spacial score (nSPS) is 17.7. The summed E-state index contributed by atoms with van der Waals surface area (Å²) in [4.78, 5) is 31.6. The number of benzene rings is 2. The highest BCUT2D eigenvalue weighted by molar-refractivity contribution is 6.31. The quantitative estimate of drug-likeness (QED) is 0.338. The third-order valence-corrected chi connectivity index (χ3v) is 7.40. The molecule has 3 heterocycles. The predicted octanol–water partition coefficient (Wildman–Crippen LogP) is 4.90. The van der Waals surface area contributed by atoms with Crippen LogP contribution in [-0.4, -0.2) is 68.8 Å². The maximum Gasteiger partial charge on any atom is 0.290 e. The molecule has 0 radical (unpaired) electrons. The molecule has 1 unspecified atom stereocenters. The highest BCUT2D eigenvalue weighted by Gasteiger charge is 2.42. The van der Waals surface area contributed by atoms with Gasteiger partial charge in [0, 0.05) is 31.2 Å². The van der Waals surface area contributed by atoms with Gasteiger partial charge in [-0.15, -0.1) is 0 Å². The van der Waals surface area contributed by atoms with Gasteiger partial charge in [0.15, 0.2) is 16.9 Å². The Hall–Kier alpha value is -3.07. The Morgan fingerprint density at radius 1 is 1.03 bits per heavy atom. The average molecular weight is 541 g/mol. The van der Waals surface area contributed by atoms with Crippen LogP contribution in [0.15, 0.2) is 45.6 Å². The molecule has 1 atom stereocenters. The summed E-state index contributed by atoms with van der Waals surface area (Å²) in [6, 6.07) is 9.86. The van der Waals surface area contributed by atoms with Crippen molar-refractivity contribution in [2.24, 2.45) is 0 Å². The lowest BCUT2D eigenvalue weighted by Crippen LogP contribution is -2.38. The van der Waals surface area contributed by atoms with Crippen molar-refractivity contribution in [2.75, 3.05) is 53.1 Å².